The quantitative estimate of drug-likeness (QED) is 0.537. The molecule has 0 bridgehead atoms. The monoisotopic (exact) mass is 332 g/mol. The minimum atomic E-state index is 0. The molecule has 0 saturated heterocycles. The van der Waals surface area contributed by atoms with E-state index in [4.69, 9.17) is 25.3 Å². The molecule has 0 unspecified atom stereocenters. The summed E-state index contributed by atoms with van der Waals surface area (Å²) in [4.78, 5) is 1.81. The Morgan fingerprint density at radius 1 is 0.533 bits per heavy atom. The van der Waals surface area contributed by atoms with Crippen LogP contribution < -0.4 is 0 Å². The van der Waals surface area contributed by atoms with Gasteiger partial charge in [-0.1, -0.05) is 60.7 Å². The molecule has 0 radical (unpaired) electrons. The molecule has 3 heteroatoms. The Morgan fingerprint density at radius 2 is 0.800 bits per heavy atom. The average Bonchev–Trinajstić information content (AvgIpc) is 2.21. The van der Waals surface area contributed by atoms with Crippen molar-refractivity contribution >= 4 is 25.3 Å². The Morgan fingerprint density at radius 3 is 0.933 bits per heavy atom. The third-order valence-corrected chi connectivity index (χ3v) is 2.03. The fourth-order valence-electron chi connectivity index (χ4n) is 0.841. The normalized spacial score (nSPS) is 8.00. The molecule has 15 heavy (non-hydrogen) atoms. The molecule has 0 aliphatic rings. The second-order valence-electron chi connectivity index (χ2n) is 2.63. The maximum absolute atomic E-state index is 4.81. The third kappa shape index (κ3) is 7.70. The van der Waals surface area contributed by atoms with Crippen LogP contribution in [0.4, 0.5) is 0 Å². The summed E-state index contributed by atoms with van der Waals surface area (Å²) < 4.78 is 0. The van der Waals surface area contributed by atoms with E-state index in [0.29, 0.717) is 0 Å². The second kappa shape index (κ2) is 9.06. The van der Waals surface area contributed by atoms with E-state index in [0.717, 1.165) is 9.79 Å². The van der Waals surface area contributed by atoms with E-state index in [1.54, 1.807) is 0 Å². The molecule has 2 aromatic carbocycles. The van der Waals surface area contributed by atoms with Crippen LogP contribution in [0.15, 0.2) is 70.5 Å². The first kappa shape index (κ1) is 14.8. The molecule has 2 rings (SSSR count). The summed E-state index contributed by atoms with van der Waals surface area (Å²) in [6.45, 7) is 0. The van der Waals surface area contributed by atoms with E-state index in [9.17, 15) is 0 Å². The van der Waals surface area contributed by atoms with Crippen LogP contribution in [0.3, 0.4) is 0 Å². The molecule has 0 aromatic heterocycles. The van der Waals surface area contributed by atoms with Crippen LogP contribution in [0.1, 0.15) is 0 Å². The van der Waals surface area contributed by atoms with Crippen molar-refractivity contribution in [1.29, 1.82) is 0 Å². The maximum Gasteiger partial charge on any atom is 2.00 e. The van der Waals surface area contributed by atoms with Crippen molar-refractivity contribution in [3.63, 3.8) is 0 Å². The molecule has 2 aromatic rings. The zero-order chi connectivity index (χ0) is 10.2. The van der Waals surface area contributed by atoms with Gasteiger partial charge >= 0.3 is 27.3 Å². The molecule has 0 amide bonds. The second-order valence-corrected chi connectivity index (χ2v) is 3.57. The molecule has 0 saturated carbocycles. The van der Waals surface area contributed by atoms with Crippen molar-refractivity contribution in [1.82, 2.24) is 0 Å². The average molecular weight is 331 g/mol. The van der Waals surface area contributed by atoms with Crippen molar-refractivity contribution in [2.45, 2.75) is 9.79 Å². The van der Waals surface area contributed by atoms with E-state index < -0.39 is 0 Å². The largest absolute Gasteiger partial charge is 2.00 e. The summed E-state index contributed by atoms with van der Waals surface area (Å²) in [5, 5.41) is 0. The van der Waals surface area contributed by atoms with Gasteiger partial charge in [0.1, 0.15) is 0 Å². The van der Waals surface area contributed by atoms with Crippen molar-refractivity contribution in [3.8, 4) is 0 Å². The molecule has 72 valence electrons. The van der Waals surface area contributed by atoms with Gasteiger partial charge in [0, 0.05) is 0 Å². The van der Waals surface area contributed by atoms with Crippen LogP contribution in [0.2, 0.25) is 0 Å². The molecule has 0 aliphatic carbocycles. The minimum Gasteiger partial charge on any atom is -0.780 e. The fourth-order valence-corrected chi connectivity index (χ4v) is 1.16. The van der Waals surface area contributed by atoms with E-state index in [1.807, 2.05) is 60.7 Å². The Labute approximate surface area is 122 Å². The molecular weight excluding hydrogens is 321 g/mol. The van der Waals surface area contributed by atoms with Crippen LogP contribution in [0, 0.1) is 0 Å². The number of hydrogen-bond donors (Lipinski definition) is 0. The molecule has 0 nitrogen and oxygen atoms in total. The molecule has 0 N–H and O–H groups in total. The molecule has 0 atom stereocenters. The zero-order valence-corrected chi connectivity index (χ0v) is 14.0. The van der Waals surface area contributed by atoms with Gasteiger partial charge in [-0.25, -0.2) is 0 Å². The molecule has 0 aliphatic heterocycles. The third-order valence-electron chi connectivity index (χ3n) is 1.49. The molecular formula is C12H10CdS2. The summed E-state index contributed by atoms with van der Waals surface area (Å²) in [6, 6.07) is 19.2. The smallest absolute Gasteiger partial charge is 0.780 e. The van der Waals surface area contributed by atoms with Crippen molar-refractivity contribution in [2.24, 2.45) is 0 Å². The van der Waals surface area contributed by atoms with E-state index in [2.05, 4.69) is 0 Å². The van der Waals surface area contributed by atoms with Crippen LogP contribution in [-0.2, 0) is 52.6 Å². The Hall–Kier alpha value is -0.198. The maximum atomic E-state index is 4.81. The predicted molar refractivity (Wildman–Crippen MR) is 64.1 cm³/mol. The summed E-state index contributed by atoms with van der Waals surface area (Å²) in [7, 11) is 0. The molecule has 0 heterocycles. The van der Waals surface area contributed by atoms with Gasteiger partial charge in [0.2, 0.25) is 0 Å². The standard InChI is InChI=1S/2C6H6S.Cd/c2*7-6-4-2-1-3-5-6;/h2*1-5,7H;/q;;+2/p-2. The molecule has 0 fully saturated rings. The zero-order valence-electron chi connectivity index (χ0n) is 8.30. The van der Waals surface area contributed by atoms with Crippen molar-refractivity contribution in [2.75, 3.05) is 0 Å². The summed E-state index contributed by atoms with van der Waals surface area (Å²) in [5.41, 5.74) is 0. The van der Waals surface area contributed by atoms with Gasteiger partial charge in [0.05, 0.1) is 0 Å². The summed E-state index contributed by atoms with van der Waals surface area (Å²) in [5.74, 6) is 0. The SMILES string of the molecule is [Cd+2].[S-]c1ccccc1.[S-]c1ccccc1. The first-order chi connectivity index (χ1) is 6.79. The van der Waals surface area contributed by atoms with E-state index in [1.165, 1.54) is 0 Å². The molecule has 0 spiro atoms. The first-order valence-electron chi connectivity index (χ1n) is 4.23. The van der Waals surface area contributed by atoms with Gasteiger partial charge in [-0.05, 0) is 0 Å². The van der Waals surface area contributed by atoms with Gasteiger partial charge in [-0.3, -0.25) is 0 Å². The van der Waals surface area contributed by atoms with Gasteiger partial charge in [0.25, 0.3) is 0 Å². The summed E-state index contributed by atoms with van der Waals surface area (Å²) >= 11 is 9.62. The van der Waals surface area contributed by atoms with Gasteiger partial charge < -0.3 is 25.3 Å². The van der Waals surface area contributed by atoms with Crippen molar-refractivity contribution in [3.05, 3.63) is 60.7 Å². The Kier molecular flexibility index (Phi) is 8.94. The number of rotatable bonds is 0. The first-order valence-corrected chi connectivity index (χ1v) is 5.05. The van der Waals surface area contributed by atoms with Crippen LogP contribution in [-0.4, -0.2) is 0 Å². The van der Waals surface area contributed by atoms with E-state index in [-0.39, 0.29) is 27.3 Å². The van der Waals surface area contributed by atoms with Crippen LogP contribution in [0.25, 0.3) is 0 Å². The Bertz CT molecular complexity index is 311. The summed E-state index contributed by atoms with van der Waals surface area (Å²) in [6.07, 6.45) is 0. The number of benzene rings is 2. The van der Waals surface area contributed by atoms with Gasteiger partial charge in [-0.15, -0.1) is 0 Å². The van der Waals surface area contributed by atoms with E-state index >= 15 is 0 Å². The van der Waals surface area contributed by atoms with Gasteiger partial charge in [0.15, 0.2) is 0 Å². The predicted octanol–water partition coefficient (Wildman–Crippen LogP) is 3.18. The van der Waals surface area contributed by atoms with Crippen LogP contribution >= 0.6 is 0 Å². The van der Waals surface area contributed by atoms with Gasteiger partial charge in [-0.2, -0.15) is 9.79 Å². The fraction of sp³-hybridized carbons (Fsp3) is 0. The Balaban J connectivity index is 0.000000245. The van der Waals surface area contributed by atoms with Crippen molar-refractivity contribution < 1.29 is 27.3 Å². The number of hydrogen-bond acceptors (Lipinski definition) is 2. The minimum absolute atomic E-state index is 0. The topological polar surface area (TPSA) is 0 Å². The van der Waals surface area contributed by atoms with Crippen LogP contribution in [0.5, 0.6) is 0 Å².